The first-order valence-corrected chi connectivity index (χ1v) is 5.97. The molecule has 2 N–H and O–H groups in total. The summed E-state index contributed by atoms with van der Waals surface area (Å²) in [5.41, 5.74) is 1.03. The van der Waals surface area contributed by atoms with Crippen LogP contribution in [0, 0.1) is 11.8 Å². The smallest absolute Gasteiger partial charge is 0.246 e. The molecule has 102 valence electrons. The lowest BCUT2D eigenvalue weighted by Crippen LogP contribution is -2.19. The summed E-state index contributed by atoms with van der Waals surface area (Å²) in [5, 5.41) is 22.4. The molecule has 1 amide bonds. The van der Waals surface area contributed by atoms with Crippen LogP contribution in [0.3, 0.4) is 0 Å². The van der Waals surface area contributed by atoms with Crippen LogP contribution in [0.15, 0.2) is 24.5 Å². The number of aromatic nitrogens is 4. The minimum absolute atomic E-state index is 0.0114. The van der Waals surface area contributed by atoms with Crippen LogP contribution in [0.5, 0.6) is 0 Å². The van der Waals surface area contributed by atoms with E-state index in [4.69, 9.17) is 16.7 Å². The van der Waals surface area contributed by atoms with Crippen molar-refractivity contribution in [2.45, 2.75) is 6.54 Å². The summed E-state index contributed by atoms with van der Waals surface area (Å²) in [6, 6.07) is 4.89. The summed E-state index contributed by atoms with van der Waals surface area (Å²) in [5.74, 6) is 4.93. The molecule has 0 bridgehead atoms. The first-order chi connectivity index (χ1) is 9.69. The van der Waals surface area contributed by atoms with Crippen LogP contribution in [0.1, 0.15) is 5.56 Å². The van der Waals surface area contributed by atoms with E-state index in [-0.39, 0.29) is 19.1 Å². The Labute approximate surface area is 119 Å². The van der Waals surface area contributed by atoms with Gasteiger partial charge in [-0.3, -0.25) is 4.79 Å². The number of aliphatic hydroxyl groups excluding tert-OH is 1. The number of carbonyl (C=O) groups is 1. The van der Waals surface area contributed by atoms with Crippen molar-refractivity contribution >= 4 is 23.2 Å². The van der Waals surface area contributed by atoms with E-state index in [0.29, 0.717) is 16.3 Å². The summed E-state index contributed by atoms with van der Waals surface area (Å²) in [4.78, 5) is 11.8. The highest BCUT2D eigenvalue weighted by Gasteiger charge is 2.08. The van der Waals surface area contributed by atoms with Crippen molar-refractivity contribution in [3.63, 3.8) is 0 Å². The quantitative estimate of drug-likeness (QED) is 0.794. The lowest BCUT2D eigenvalue weighted by Gasteiger charge is -2.07. The predicted molar refractivity (Wildman–Crippen MR) is 71.9 cm³/mol. The number of hydrogen-bond donors (Lipinski definition) is 2. The van der Waals surface area contributed by atoms with Crippen molar-refractivity contribution < 1.29 is 9.90 Å². The highest BCUT2D eigenvalue weighted by Crippen LogP contribution is 2.19. The Morgan fingerprint density at radius 1 is 1.50 bits per heavy atom. The topological polar surface area (TPSA) is 92.9 Å². The molecule has 2 aromatic rings. The van der Waals surface area contributed by atoms with Gasteiger partial charge in [0.15, 0.2) is 0 Å². The van der Waals surface area contributed by atoms with Gasteiger partial charge in [-0.15, -0.1) is 5.10 Å². The Morgan fingerprint density at radius 3 is 3.05 bits per heavy atom. The Hall–Kier alpha value is -2.43. The number of anilines is 1. The normalized spacial score (nSPS) is 9.70. The van der Waals surface area contributed by atoms with E-state index in [1.54, 1.807) is 18.2 Å². The fraction of sp³-hybridized carbons (Fsp3) is 0.167. The molecule has 0 unspecified atom stereocenters. The molecule has 0 saturated heterocycles. The summed E-state index contributed by atoms with van der Waals surface area (Å²) in [6.45, 7) is -0.285. The van der Waals surface area contributed by atoms with Gasteiger partial charge in [-0.2, -0.15) is 0 Å². The van der Waals surface area contributed by atoms with Crippen LogP contribution in [0.4, 0.5) is 5.69 Å². The van der Waals surface area contributed by atoms with Crippen molar-refractivity contribution in [3.05, 3.63) is 35.1 Å². The van der Waals surface area contributed by atoms with E-state index in [9.17, 15) is 4.79 Å². The number of nitrogens with one attached hydrogen (secondary N) is 1. The first-order valence-electron chi connectivity index (χ1n) is 5.59. The highest BCUT2D eigenvalue weighted by molar-refractivity contribution is 6.30. The molecule has 8 heteroatoms. The minimum atomic E-state index is -0.299. The second-order valence-electron chi connectivity index (χ2n) is 3.71. The average Bonchev–Trinajstić information content (AvgIpc) is 2.91. The number of benzene rings is 1. The molecule has 0 spiro atoms. The van der Waals surface area contributed by atoms with Crippen LogP contribution in [-0.4, -0.2) is 37.8 Å². The monoisotopic (exact) mass is 291 g/mol. The van der Waals surface area contributed by atoms with Crippen molar-refractivity contribution in [2.24, 2.45) is 0 Å². The zero-order valence-electron chi connectivity index (χ0n) is 10.2. The Bertz CT molecular complexity index is 660. The van der Waals surface area contributed by atoms with E-state index in [0.717, 1.165) is 0 Å². The Morgan fingerprint density at radius 2 is 2.35 bits per heavy atom. The largest absolute Gasteiger partial charge is 0.384 e. The van der Waals surface area contributed by atoms with Crippen LogP contribution < -0.4 is 5.32 Å². The van der Waals surface area contributed by atoms with Gasteiger partial charge in [0.1, 0.15) is 19.5 Å². The van der Waals surface area contributed by atoms with E-state index < -0.39 is 0 Å². The van der Waals surface area contributed by atoms with Crippen molar-refractivity contribution in [1.29, 1.82) is 0 Å². The van der Waals surface area contributed by atoms with Crippen molar-refractivity contribution in [2.75, 3.05) is 11.9 Å². The SMILES string of the molecule is O=C(Cn1cnnn1)Nc1ccc(Cl)cc1C#CCO. The number of carbonyl (C=O) groups excluding carboxylic acids is 1. The molecule has 0 aliphatic carbocycles. The van der Waals surface area contributed by atoms with Crippen LogP contribution >= 0.6 is 11.6 Å². The fourth-order valence-corrected chi connectivity index (χ4v) is 1.63. The fourth-order valence-electron chi connectivity index (χ4n) is 1.45. The zero-order valence-corrected chi connectivity index (χ0v) is 11.0. The van der Waals surface area contributed by atoms with E-state index in [2.05, 4.69) is 32.7 Å². The minimum Gasteiger partial charge on any atom is -0.384 e. The Kier molecular flexibility index (Phi) is 4.65. The number of tetrazole rings is 1. The third-order valence-corrected chi connectivity index (χ3v) is 2.49. The van der Waals surface area contributed by atoms with Gasteiger partial charge in [-0.25, -0.2) is 4.68 Å². The maximum absolute atomic E-state index is 11.8. The first kappa shape index (κ1) is 14.0. The van der Waals surface area contributed by atoms with E-state index >= 15 is 0 Å². The van der Waals surface area contributed by atoms with Gasteiger partial charge in [0.05, 0.1) is 5.69 Å². The number of hydrogen-bond acceptors (Lipinski definition) is 5. The number of nitrogens with zero attached hydrogens (tertiary/aromatic N) is 4. The van der Waals surface area contributed by atoms with Gasteiger partial charge in [-0.05, 0) is 28.6 Å². The van der Waals surface area contributed by atoms with Crippen molar-refractivity contribution in [3.8, 4) is 11.8 Å². The standard InChI is InChI=1S/C12H10ClN5O2/c13-10-3-4-11(9(6-10)2-1-5-19)15-12(20)7-18-8-14-16-17-18/h3-4,6,8,19H,5,7H2,(H,15,20). The molecule has 0 radical (unpaired) electrons. The zero-order chi connectivity index (χ0) is 14.4. The van der Waals surface area contributed by atoms with Gasteiger partial charge < -0.3 is 10.4 Å². The van der Waals surface area contributed by atoms with Gasteiger partial charge in [-0.1, -0.05) is 23.4 Å². The second kappa shape index (κ2) is 6.65. The van der Waals surface area contributed by atoms with E-state index in [1.807, 2.05) is 0 Å². The van der Waals surface area contributed by atoms with Crippen LogP contribution in [0.2, 0.25) is 5.02 Å². The molecule has 7 nitrogen and oxygen atoms in total. The molecule has 1 aromatic heterocycles. The maximum atomic E-state index is 11.8. The number of aliphatic hydroxyl groups is 1. The van der Waals surface area contributed by atoms with Gasteiger partial charge in [0, 0.05) is 10.6 Å². The van der Waals surface area contributed by atoms with Gasteiger partial charge in [0.2, 0.25) is 5.91 Å². The van der Waals surface area contributed by atoms with Gasteiger partial charge in [0.25, 0.3) is 0 Å². The molecular formula is C12H10ClN5O2. The molecule has 0 fully saturated rings. The number of rotatable bonds is 3. The molecular weight excluding hydrogens is 282 g/mol. The lowest BCUT2D eigenvalue weighted by atomic mass is 10.2. The third kappa shape index (κ3) is 3.78. The number of amides is 1. The summed E-state index contributed by atoms with van der Waals surface area (Å²) < 4.78 is 1.30. The summed E-state index contributed by atoms with van der Waals surface area (Å²) in [6.07, 6.45) is 1.34. The average molecular weight is 292 g/mol. The maximum Gasteiger partial charge on any atom is 0.246 e. The van der Waals surface area contributed by atoms with Gasteiger partial charge >= 0.3 is 0 Å². The molecule has 1 heterocycles. The Balaban J connectivity index is 2.14. The third-order valence-electron chi connectivity index (χ3n) is 2.25. The second-order valence-corrected chi connectivity index (χ2v) is 4.14. The van der Waals surface area contributed by atoms with Crippen molar-refractivity contribution in [1.82, 2.24) is 20.2 Å². The molecule has 20 heavy (non-hydrogen) atoms. The summed E-state index contributed by atoms with van der Waals surface area (Å²) >= 11 is 5.87. The molecule has 1 aromatic carbocycles. The molecule has 0 aliphatic heterocycles. The molecule has 0 aliphatic rings. The van der Waals surface area contributed by atoms with Crippen LogP contribution in [0.25, 0.3) is 0 Å². The number of halogens is 1. The highest BCUT2D eigenvalue weighted by atomic mass is 35.5. The molecule has 0 saturated carbocycles. The lowest BCUT2D eigenvalue weighted by molar-refractivity contribution is -0.116. The van der Waals surface area contributed by atoms with E-state index in [1.165, 1.54) is 11.0 Å². The molecule has 0 atom stereocenters. The summed E-state index contributed by atoms with van der Waals surface area (Å²) in [7, 11) is 0. The molecule has 2 rings (SSSR count). The predicted octanol–water partition coefficient (Wildman–Crippen LogP) is 0.309. The van der Waals surface area contributed by atoms with Crippen LogP contribution in [-0.2, 0) is 11.3 Å².